The summed E-state index contributed by atoms with van der Waals surface area (Å²) in [6.45, 7) is 0. The van der Waals surface area contributed by atoms with Gasteiger partial charge in [0.05, 0.1) is 22.7 Å². The summed E-state index contributed by atoms with van der Waals surface area (Å²) in [5.74, 6) is 0.737. The van der Waals surface area contributed by atoms with Crippen LogP contribution in [0.15, 0.2) is 72.8 Å². The maximum Gasteiger partial charge on any atom is 0.160 e. The molecule has 0 radical (unpaired) electrons. The Kier molecular flexibility index (Phi) is 4.92. The van der Waals surface area contributed by atoms with Gasteiger partial charge in [0, 0.05) is 22.5 Å². The van der Waals surface area contributed by atoms with Crippen LogP contribution in [-0.4, -0.2) is 0 Å². The normalized spacial score (nSPS) is 10.7. The zero-order valence-electron chi connectivity index (χ0n) is 16.8. The Bertz CT molecular complexity index is 1190. The van der Waals surface area contributed by atoms with E-state index in [2.05, 4.69) is 0 Å². The van der Waals surface area contributed by atoms with Crippen molar-refractivity contribution in [3.8, 4) is 33.8 Å². The number of nitrogen functional groups attached to an aromatic ring is 6. The molecule has 7 heteroatoms. The van der Waals surface area contributed by atoms with Crippen LogP contribution < -0.4 is 39.1 Å². The van der Waals surface area contributed by atoms with Crippen LogP contribution in [0.25, 0.3) is 22.3 Å². The third-order valence-corrected chi connectivity index (χ3v) is 5.06. The Balaban J connectivity index is 1.93. The molecule has 4 rings (SSSR count). The zero-order valence-corrected chi connectivity index (χ0v) is 16.8. The third-order valence-electron chi connectivity index (χ3n) is 5.06. The maximum absolute atomic E-state index is 6.36. The molecular formula is C24H24N6O. The molecule has 0 atom stereocenters. The highest BCUT2D eigenvalue weighted by atomic mass is 16.5. The number of ether oxygens (including phenoxy) is 1. The summed E-state index contributed by atoms with van der Waals surface area (Å²) in [6.07, 6.45) is 0. The molecule has 0 aliphatic carbocycles. The molecule has 0 aliphatic rings. The Hall–Kier alpha value is -4.52. The van der Waals surface area contributed by atoms with E-state index < -0.39 is 0 Å². The summed E-state index contributed by atoms with van der Waals surface area (Å²) in [7, 11) is 0. The molecule has 0 unspecified atom stereocenters. The first-order chi connectivity index (χ1) is 14.8. The van der Waals surface area contributed by atoms with Gasteiger partial charge in [-0.25, -0.2) is 0 Å². The van der Waals surface area contributed by atoms with Gasteiger partial charge in [-0.2, -0.15) is 0 Å². The standard InChI is InChI=1S/C24H24N6O/c25-15-5-1-3-13(11-15)17-7-9-19(27)21(29)23(17)31-24-18(8-10-20(28)22(24)30)14-4-2-6-16(26)12-14/h1-12H,25-30H2. The van der Waals surface area contributed by atoms with Gasteiger partial charge in [-0.15, -0.1) is 0 Å². The highest BCUT2D eigenvalue weighted by Gasteiger charge is 2.19. The fourth-order valence-corrected chi connectivity index (χ4v) is 3.42. The zero-order chi connectivity index (χ0) is 22.1. The Labute approximate surface area is 180 Å². The van der Waals surface area contributed by atoms with Crippen molar-refractivity contribution < 1.29 is 4.74 Å². The average molecular weight is 412 g/mol. The van der Waals surface area contributed by atoms with Crippen LogP contribution in [0.1, 0.15) is 0 Å². The van der Waals surface area contributed by atoms with Crippen LogP contribution in [0.5, 0.6) is 11.5 Å². The lowest BCUT2D eigenvalue weighted by Gasteiger charge is -2.20. The predicted molar refractivity (Wildman–Crippen MR) is 130 cm³/mol. The number of hydrogen-bond donors (Lipinski definition) is 6. The van der Waals surface area contributed by atoms with E-state index >= 15 is 0 Å². The first kappa shape index (κ1) is 19.8. The monoisotopic (exact) mass is 412 g/mol. The molecule has 0 saturated heterocycles. The SMILES string of the molecule is Nc1cccc(-c2ccc(N)c(N)c2Oc2c(-c3cccc(N)c3)ccc(N)c2N)c1. The molecule has 31 heavy (non-hydrogen) atoms. The summed E-state index contributed by atoms with van der Waals surface area (Å²) in [4.78, 5) is 0. The number of benzene rings is 4. The van der Waals surface area contributed by atoms with Crippen LogP contribution in [0.2, 0.25) is 0 Å². The molecule has 4 aromatic carbocycles. The van der Waals surface area contributed by atoms with E-state index in [4.69, 9.17) is 39.1 Å². The van der Waals surface area contributed by atoms with E-state index in [0.717, 1.165) is 22.3 Å². The first-order valence-corrected chi connectivity index (χ1v) is 9.60. The van der Waals surface area contributed by atoms with Crippen molar-refractivity contribution in [1.82, 2.24) is 0 Å². The minimum atomic E-state index is 0.292. The van der Waals surface area contributed by atoms with Gasteiger partial charge < -0.3 is 39.1 Å². The fourth-order valence-electron chi connectivity index (χ4n) is 3.42. The van der Waals surface area contributed by atoms with Gasteiger partial charge in [0.15, 0.2) is 11.5 Å². The fraction of sp³-hybridized carbons (Fsp3) is 0. The summed E-state index contributed by atoms with van der Waals surface area (Å²) in [6, 6.07) is 21.9. The number of hydrogen-bond acceptors (Lipinski definition) is 7. The van der Waals surface area contributed by atoms with E-state index in [1.54, 1.807) is 24.3 Å². The van der Waals surface area contributed by atoms with Gasteiger partial charge >= 0.3 is 0 Å². The van der Waals surface area contributed by atoms with Gasteiger partial charge in [0.2, 0.25) is 0 Å². The Morgan fingerprint density at radius 1 is 0.484 bits per heavy atom. The van der Waals surface area contributed by atoms with Crippen molar-refractivity contribution in [2.75, 3.05) is 34.4 Å². The summed E-state index contributed by atoms with van der Waals surface area (Å²) in [5.41, 5.74) is 42.5. The number of nitrogens with two attached hydrogens (primary N) is 6. The van der Waals surface area contributed by atoms with Crippen molar-refractivity contribution >= 4 is 34.1 Å². The van der Waals surface area contributed by atoms with Crippen LogP contribution in [0, 0.1) is 0 Å². The van der Waals surface area contributed by atoms with Gasteiger partial charge in [0.1, 0.15) is 0 Å². The second-order valence-corrected chi connectivity index (χ2v) is 7.24. The molecule has 0 amide bonds. The molecule has 0 spiro atoms. The molecule has 0 bridgehead atoms. The largest absolute Gasteiger partial charge is 0.452 e. The van der Waals surface area contributed by atoms with Gasteiger partial charge in [-0.05, 0) is 59.7 Å². The molecule has 0 aliphatic heterocycles. The highest BCUT2D eigenvalue weighted by Crippen LogP contribution is 2.47. The Morgan fingerprint density at radius 3 is 1.29 bits per heavy atom. The average Bonchev–Trinajstić information content (AvgIpc) is 2.74. The van der Waals surface area contributed by atoms with Crippen molar-refractivity contribution in [3.63, 3.8) is 0 Å². The van der Waals surface area contributed by atoms with Crippen LogP contribution in [0.4, 0.5) is 34.1 Å². The smallest absolute Gasteiger partial charge is 0.160 e. The number of rotatable bonds is 4. The second kappa shape index (κ2) is 7.72. The van der Waals surface area contributed by atoms with Crippen molar-refractivity contribution in [2.24, 2.45) is 0 Å². The molecule has 0 heterocycles. The van der Waals surface area contributed by atoms with Crippen molar-refractivity contribution in [1.29, 1.82) is 0 Å². The van der Waals surface area contributed by atoms with Crippen LogP contribution in [-0.2, 0) is 0 Å². The molecule has 0 fully saturated rings. The molecule has 0 aromatic heterocycles. The lowest BCUT2D eigenvalue weighted by molar-refractivity contribution is 0.491. The third kappa shape index (κ3) is 3.72. The predicted octanol–water partition coefficient (Wildman–Crippen LogP) is 4.31. The molecule has 12 N–H and O–H groups in total. The second-order valence-electron chi connectivity index (χ2n) is 7.24. The lowest BCUT2D eigenvalue weighted by atomic mass is 10.0. The molecular weight excluding hydrogens is 388 g/mol. The number of anilines is 6. The van der Waals surface area contributed by atoms with Crippen LogP contribution in [0.3, 0.4) is 0 Å². The molecule has 4 aromatic rings. The van der Waals surface area contributed by atoms with E-state index in [1.165, 1.54) is 0 Å². The van der Waals surface area contributed by atoms with Gasteiger partial charge in [-0.3, -0.25) is 0 Å². The maximum atomic E-state index is 6.36. The Morgan fingerprint density at radius 2 is 0.903 bits per heavy atom. The van der Waals surface area contributed by atoms with E-state index in [-0.39, 0.29) is 0 Å². The van der Waals surface area contributed by atoms with Crippen molar-refractivity contribution in [2.45, 2.75) is 0 Å². The highest BCUT2D eigenvalue weighted by molar-refractivity contribution is 5.89. The quantitative estimate of drug-likeness (QED) is 0.272. The first-order valence-electron chi connectivity index (χ1n) is 9.60. The van der Waals surface area contributed by atoms with E-state index in [9.17, 15) is 0 Å². The van der Waals surface area contributed by atoms with Gasteiger partial charge in [0.25, 0.3) is 0 Å². The molecule has 7 nitrogen and oxygen atoms in total. The van der Waals surface area contributed by atoms with E-state index in [0.29, 0.717) is 45.6 Å². The topological polar surface area (TPSA) is 165 Å². The lowest BCUT2D eigenvalue weighted by Crippen LogP contribution is -2.04. The minimum Gasteiger partial charge on any atom is -0.452 e. The van der Waals surface area contributed by atoms with Crippen molar-refractivity contribution in [3.05, 3.63) is 72.8 Å². The van der Waals surface area contributed by atoms with E-state index in [1.807, 2.05) is 48.5 Å². The molecule has 156 valence electrons. The van der Waals surface area contributed by atoms with Crippen LogP contribution >= 0.6 is 0 Å². The minimum absolute atomic E-state index is 0.292. The van der Waals surface area contributed by atoms with Gasteiger partial charge in [-0.1, -0.05) is 24.3 Å². The molecule has 0 saturated carbocycles. The summed E-state index contributed by atoms with van der Waals surface area (Å²) in [5, 5.41) is 0. The summed E-state index contributed by atoms with van der Waals surface area (Å²) < 4.78 is 6.36. The summed E-state index contributed by atoms with van der Waals surface area (Å²) >= 11 is 0.